The monoisotopic (exact) mass is 217 g/mol. The van der Waals surface area contributed by atoms with Crippen molar-refractivity contribution in [1.82, 2.24) is 10.0 Å². The molecule has 0 unspecified atom stereocenters. The molecule has 0 saturated carbocycles. The zero-order chi connectivity index (χ0) is 7.98. The Balaban J connectivity index is 0. The minimum Gasteiger partial charge on any atom is -0.351 e. The maximum absolute atomic E-state index is 10.5. The first-order valence-electron chi connectivity index (χ1n) is 2.23. The van der Waals surface area contributed by atoms with Crippen LogP contribution in [0, 0.1) is 0 Å². The van der Waals surface area contributed by atoms with Gasteiger partial charge in [-0.3, -0.25) is 10.0 Å². The molecule has 0 heterocycles. The van der Waals surface area contributed by atoms with E-state index in [1.54, 1.807) is 6.26 Å². The number of imide groups is 1. The van der Waals surface area contributed by atoms with Crippen LogP contribution in [-0.4, -0.2) is 18.3 Å². The third-order valence-electron chi connectivity index (χ3n) is 0.454. The smallest absolute Gasteiger partial charge is 0.333 e. The van der Waals surface area contributed by atoms with E-state index in [0.29, 0.717) is 0 Å². The number of rotatable bonds is 2. The highest BCUT2D eigenvalue weighted by Gasteiger charge is 2.00. The number of halogens is 1. The molecule has 0 saturated heterocycles. The van der Waals surface area contributed by atoms with Gasteiger partial charge in [-0.25, -0.2) is 9.59 Å². The molecule has 5 nitrogen and oxygen atoms in total. The van der Waals surface area contributed by atoms with Crippen LogP contribution < -0.4 is 15.8 Å². The Bertz CT molecular complexity index is 145. The first kappa shape index (κ1) is 13.3. The second kappa shape index (κ2) is 7.83. The Morgan fingerprint density at radius 1 is 1.45 bits per heavy atom. The molecule has 0 bridgehead atoms. The molecule has 0 atom stereocenters. The minimum atomic E-state index is -0.862. The summed E-state index contributed by atoms with van der Waals surface area (Å²) in [7, 11) is 2.45. The third kappa shape index (κ3) is 9.73. The highest BCUT2D eigenvalue weighted by Crippen LogP contribution is 2.10. The first-order valence-corrected chi connectivity index (χ1v) is 4.78. The largest absolute Gasteiger partial charge is 0.351 e. The molecule has 0 rings (SSSR count). The van der Waals surface area contributed by atoms with Crippen LogP contribution in [-0.2, 0) is 0 Å². The van der Waals surface area contributed by atoms with E-state index in [1.807, 2.05) is 5.32 Å². The van der Waals surface area contributed by atoms with E-state index in [1.165, 1.54) is 10.8 Å². The van der Waals surface area contributed by atoms with E-state index in [0.717, 1.165) is 11.0 Å². The Morgan fingerprint density at radius 3 is 2.36 bits per heavy atom. The zero-order valence-corrected chi connectivity index (χ0v) is 8.07. The second-order valence-electron chi connectivity index (χ2n) is 1.17. The maximum atomic E-state index is 10.5. The van der Waals surface area contributed by atoms with Gasteiger partial charge in [-0.1, -0.05) is 10.8 Å². The van der Waals surface area contributed by atoms with Gasteiger partial charge in [0.2, 0.25) is 0 Å². The molecular formula is C3H8ClN3O2S2. The average Bonchev–Trinajstić information content (AvgIpc) is 1.82. The van der Waals surface area contributed by atoms with Gasteiger partial charge in [0.25, 0.3) is 0 Å². The summed E-state index contributed by atoms with van der Waals surface area (Å²) in [5.74, 6) is 0. The Kier molecular flexibility index (Phi) is 9.49. The van der Waals surface area contributed by atoms with E-state index >= 15 is 0 Å². The van der Waals surface area contributed by atoms with Crippen LogP contribution in [0.3, 0.4) is 0 Å². The van der Waals surface area contributed by atoms with E-state index in [2.05, 4.69) is 10.5 Å². The van der Waals surface area contributed by atoms with Crippen molar-refractivity contribution in [2.24, 2.45) is 5.73 Å². The number of hydrogen-bond acceptors (Lipinski definition) is 4. The fourth-order valence-corrected chi connectivity index (χ4v) is 0.904. The minimum absolute atomic E-state index is 0. The van der Waals surface area contributed by atoms with Crippen LogP contribution >= 0.6 is 34.2 Å². The van der Waals surface area contributed by atoms with Crippen molar-refractivity contribution in [1.29, 1.82) is 0 Å². The summed E-state index contributed by atoms with van der Waals surface area (Å²) in [6.45, 7) is 0. The van der Waals surface area contributed by atoms with E-state index in [9.17, 15) is 9.59 Å². The van der Waals surface area contributed by atoms with Crippen molar-refractivity contribution in [2.45, 2.75) is 0 Å². The number of carbonyl (C=O) groups excluding carboxylic acids is 2. The van der Waals surface area contributed by atoms with Crippen LogP contribution in [0.5, 0.6) is 0 Å². The van der Waals surface area contributed by atoms with Crippen LogP contribution in [0.25, 0.3) is 0 Å². The van der Waals surface area contributed by atoms with Crippen molar-refractivity contribution in [3.8, 4) is 0 Å². The zero-order valence-electron chi connectivity index (χ0n) is 5.62. The Labute approximate surface area is 78.2 Å². The second-order valence-corrected chi connectivity index (χ2v) is 3.37. The molecule has 0 aromatic rings. The molecule has 0 aliphatic heterocycles. The van der Waals surface area contributed by atoms with E-state index in [4.69, 9.17) is 0 Å². The van der Waals surface area contributed by atoms with Gasteiger partial charge >= 0.3 is 12.1 Å². The summed E-state index contributed by atoms with van der Waals surface area (Å²) in [5.41, 5.74) is 4.64. The predicted molar refractivity (Wildman–Crippen MR) is 49.6 cm³/mol. The van der Waals surface area contributed by atoms with Gasteiger partial charge in [-0.2, -0.15) is 0 Å². The molecule has 0 aromatic carbocycles. The fourth-order valence-electron chi connectivity index (χ4n) is 0.217. The number of nitrogens with two attached hydrogens (primary N) is 1. The van der Waals surface area contributed by atoms with E-state index in [-0.39, 0.29) is 12.4 Å². The fraction of sp³-hybridized carbons (Fsp3) is 0.333. The summed E-state index contributed by atoms with van der Waals surface area (Å²) in [6.07, 6.45) is 1.79. The Morgan fingerprint density at radius 2 is 2.00 bits per heavy atom. The SMILES string of the molecule is CSSNC(=O)NC(N)=O.Cl. The van der Waals surface area contributed by atoms with E-state index < -0.39 is 12.1 Å². The summed E-state index contributed by atoms with van der Waals surface area (Å²) >= 11 is 0. The molecule has 0 aliphatic carbocycles. The summed E-state index contributed by atoms with van der Waals surface area (Å²) < 4.78 is 2.29. The lowest BCUT2D eigenvalue weighted by molar-refractivity contribution is 0.235. The molecule has 0 aromatic heterocycles. The maximum Gasteiger partial charge on any atom is 0.333 e. The van der Waals surface area contributed by atoms with Crippen LogP contribution in [0.15, 0.2) is 0 Å². The number of amides is 4. The lowest BCUT2D eigenvalue weighted by atomic mass is 10.9. The number of nitrogens with one attached hydrogen (secondary N) is 2. The molecule has 0 radical (unpaired) electrons. The van der Waals surface area contributed by atoms with Crippen LogP contribution in [0.1, 0.15) is 0 Å². The van der Waals surface area contributed by atoms with Gasteiger partial charge in [0.1, 0.15) is 0 Å². The highest BCUT2D eigenvalue weighted by atomic mass is 35.5. The molecule has 4 amide bonds. The number of hydrogen-bond donors (Lipinski definition) is 3. The molecule has 4 N–H and O–H groups in total. The summed E-state index contributed by atoms with van der Waals surface area (Å²) in [5, 5.41) is 1.83. The topological polar surface area (TPSA) is 84.2 Å². The lowest BCUT2D eigenvalue weighted by Gasteiger charge is -1.99. The van der Waals surface area contributed by atoms with Crippen molar-refractivity contribution in [2.75, 3.05) is 6.26 Å². The highest BCUT2D eigenvalue weighted by molar-refractivity contribution is 8.75. The van der Waals surface area contributed by atoms with Gasteiger partial charge < -0.3 is 5.73 Å². The number of primary amides is 1. The van der Waals surface area contributed by atoms with Gasteiger partial charge in [0.05, 0.1) is 0 Å². The lowest BCUT2D eigenvalue weighted by Crippen LogP contribution is -2.39. The molecule has 0 spiro atoms. The van der Waals surface area contributed by atoms with Crippen molar-refractivity contribution in [3.05, 3.63) is 0 Å². The first-order chi connectivity index (χ1) is 4.66. The van der Waals surface area contributed by atoms with Gasteiger partial charge in [-0.15, -0.1) is 12.4 Å². The standard InChI is InChI=1S/C3H7N3O2S2.ClH/c1-9-10-6-3(8)5-2(4)7;/h1H3,(H4,4,5,6,7,8);1H. The molecular weight excluding hydrogens is 210 g/mol. The third-order valence-corrected chi connectivity index (χ3v) is 1.64. The van der Waals surface area contributed by atoms with Crippen molar-refractivity contribution >= 4 is 46.2 Å². The number of urea groups is 2. The number of carbonyl (C=O) groups is 2. The van der Waals surface area contributed by atoms with Gasteiger partial charge in [0.15, 0.2) is 0 Å². The quantitative estimate of drug-likeness (QED) is 0.470. The Hall–Kier alpha value is -0.270. The molecule has 0 fully saturated rings. The van der Waals surface area contributed by atoms with Gasteiger partial charge in [-0.05, 0) is 6.26 Å². The van der Waals surface area contributed by atoms with Crippen LogP contribution in [0.2, 0.25) is 0 Å². The molecule has 0 aliphatic rings. The molecule has 66 valence electrons. The molecule has 8 heteroatoms. The predicted octanol–water partition coefficient (Wildman–Crippen LogP) is 0.712. The summed E-state index contributed by atoms with van der Waals surface area (Å²) in [4.78, 5) is 20.5. The van der Waals surface area contributed by atoms with Crippen molar-refractivity contribution < 1.29 is 9.59 Å². The van der Waals surface area contributed by atoms with Crippen molar-refractivity contribution in [3.63, 3.8) is 0 Å². The summed E-state index contributed by atoms with van der Waals surface area (Å²) in [6, 6.07) is -1.47. The van der Waals surface area contributed by atoms with Crippen LogP contribution in [0.4, 0.5) is 9.59 Å². The normalized spacial score (nSPS) is 7.73. The molecule has 11 heavy (non-hydrogen) atoms. The average molecular weight is 218 g/mol. The van der Waals surface area contributed by atoms with Gasteiger partial charge in [0, 0.05) is 11.0 Å².